The smallest absolute Gasteiger partial charge is 0.294 e. The van der Waals surface area contributed by atoms with Crippen molar-refractivity contribution in [2.24, 2.45) is 0 Å². The molecular weight excluding hydrogens is 348 g/mol. The number of unbranched alkanes of at least 4 members (excludes halogenated alkanes) is 6. The fourth-order valence-corrected chi connectivity index (χ4v) is 3.35. The second-order valence-electron chi connectivity index (χ2n) is 6.57. The van der Waals surface area contributed by atoms with Gasteiger partial charge >= 0.3 is 0 Å². The molecule has 5 heteroatoms. The first-order chi connectivity index (χ1) is 12.5. The normalized spacial score (nSPS) is 11.5. The molecule has 142 valence electrons. The van der Waals surface area contributed by atoms with Crippen molar-refractivity contribution < 1.29 is 17.7 Å². The summed E-state index contributed by atoms with van der Waals surface area (Å²) >= 11 is 0. The molecule has 0 heterocycles. The molecule has 0 fully saturated rings. The van der Waals surface area contributed by atoms with Gasteiger partial charge in [-0.25, -0.2) is 0 Å². The van der Waals surface area contributed by atoms with E-state index in [0.717, 1.165) is 12.2 Å². The largest absolute Gasteiger partial charge is 0.457 e. The molecule has 0 spiro atoms. The third-order valence-corrected chi connectivity index (χ3v) is 5.19. The average Bonchev–Trinajstić information content (AvgIpc) is 2.61. The summed E-state index contributed by atoms with van der Waals surface area (Å²) in [5.41, 5.74) is 1.24. The lowest BCUT2D eigenvalue weighted by molar-refractivity contribution is 0.477. The zero-order chi connectivity index (χ0) is 18.8. The summed E-state index contributed by atoms with van der Waals surface area (Å²) in [7, 11) is -4.18. The number of ether oxygens (including phenoxy) is 1. The van der Waals surface area contributed by atoms with Crippen LogP contribution in [0, 0.1) is 0 Å². The Balaban J connectivity index is 1.83. The van der Waals surface area contributed by atoms with E-state index in [-0.39, 0.29) is 4.90 Å². The van der Waals surface area contributed by atoms with Gasteiger partial charge in [-0.2, -0.15) is 8.42 Å². The number of hydrogen-bond donors (Lipinski definition) is 1. The minimum Gasteiger partial charge on any atom is -0.457 e. The molecule has 2 aromatic rings. The minimum atomic E-state index is -4.18. The van der Waals surface area contributed by atoms with Gasteiger partial charge in [-0.1, -0.05) is 57.6 Å². The Bertz CT molecular complexity index is 767. The van der Waals surface area contributed by atoms with Crippen LogP contribution in [0.5, 0.6) is 11.5 Å². The third kappa shape index (κ3) is 7.18. The maximum Gasteiger partial charge on any atom is 0.294 e. The van der Waals surface area contributed by atoms with E-state index in [0.29, 0.717) is 5.75 Å². The molecule has 0 saturated heterocycles. The topological polar surface area (TPSA) is 63.6 Å². The van der Waals surface area contributed by atoms with Crippen LogP contribution < -0.4 is 4.74 Å². The van der Waals surface area contributed by atoms with Crippen molar-refractivity contribution in [2.45, 2.75) is 63.2 Å². The number of aryl methyl sites for hydroxylation is 1. The van der Waals surface area contributed by atoms with E-state index in [1.54, 1.807) is 0 Å². The van der Waals surface area contributed by atoms with Crippen LogP contribution in [0.2, 0.25) is 0 Å². The Morgan fingerprint density at radius 1 is 0.846 bits per heavy atom. The maximum absolute atomic E-state index is 11.1. The van der Waals surface area contributed by atoms with Gasteiger partial charge in [0, 0.05) is 0 Å². The monoisotopic (exact) mass is 376 g/mol. The van der Waals surface area contributed by atoms with E-state index in [4.69, 9.17) is 9.29 Å². The lowest BCUT2D eigenvalue weighted by atomic mass is 10.0. The van der Waals surface area contributed by atoms with Crippen molar-refractivity contribution in [1.82, 2.24) is 0 Å². The van der Waals surface area contributed by atoms with Gasteiger partial charge < -0.3 is 4.74 Å². The van der Waals surface area contributed by atoms with E-state index >= 15 is 0 Å². The number of rotatable bonds is 11. The average molecular weight is 377 g/mol. The predicted octanol–water partition coefficient (Wildman–Crippen LogP) is 6.02. The Labute approximate surface area is 157 Å². The lowest BCUT2D eigenvalue weighted by Crippen LogP contribution is -1.97. The zero-order valence-electron chi connectivity index (χ0n) is 15.4. The van der Waals surface area contributed by atoms with Gasteiger partial charge in [0.15, 0.2) is 0 Å². The Kier molecular flexibility index (Phi) is 8.13. The van der Waals surface area contributed by atoms with Crippen molar-refractivity contribution >= 4 is 10.1 Å². The Morgan fingerprint density at radius 2 is 1.50 bits per heavy atom. The van der Waals surface area contributed by atoms with Crippen LogP contribution in [0.1, 0.15) is 57.4 Å². The predicted molar refractivity (Wildman–Crippen MR) is 104 cm³/mol. The Morgan fingerprint density at radius 3 is 2.15 bits per heavy atom. The molecule has 0 amide bonds. The van der Waals surface area contributed by atoms with Gasteiger partial charge in [0.05, 0.1) is 4.90 Å². The van der Waals surface area contributed by atoms with Gasteiger partial charge in [0.2, 0.25) is 0 Å². The molecule has 0 aliphatic carbocycles. The van der Waals surface area contributed by atoms with Crippen molar-refractivity contribution in [2.75, 3.05) is 0 Å². The van der Waals surface area contributed by atoms with Crippen molar-refractivity contribution in [1.29, 1.82) is 0 Å². The van der Waals surface area contributed by atoms with E-state index < -0.39 is 10.1 Å². The van der Waals surface area contributed by atoms with Crippen LogP contribution in [0.25, 0.3) is 0 Å². The molecule has 1 N–H and O–H groups in total. The van der Waals surface area contributed by atoms with Crippen molar-refractivity contribution in [3.8, 4) is 11.5 Å². The van der Waals surface area contributed by atoms with Crippen LogP contribution in [0.4, 0.5) is 0 Å². The van der Waals surface area contributed by atoms with Gasteiger partial charge in [-0.05, 0) is 54.8 Å². The van der Waals surface area contributed by atoms with E-state index in [1.807, 2.05) is 18.2 Å². The van der Waals surface area contributed by atoms with Crippen molar-refractivity contribution in [3.63, 3.8) is 0 Å². The molecule has 26 heavy (non-hydrogen) atoms. The van der Waals surface area contributed by atoms with Crippen molar-refractivity contribution in [3.05, 3.63) is 54.1 Å². The molecule has 0 unspecified atom stereocenters. The molecular formula is C21H28O4S. The highest BCUT2D eigenvalue weighted by molar-refractivity contribution is 7.85. The van der Waals surface area contributed by atoms with Crippen LogP contribution in [-0.4, -0.2) is 13.0 Å². The van der Waals surface area contributed by atoms with E-state index in [2.05, 4.69) is 13.0 Å². The van der Waals surface area contributed by atoms with Gasteiger partial charge in [-0.3, -0.25) is 4.55 Å². The van der Waals surface area contributed by atoms with Gasteiger partial charge in [0.1, 0.15) is 11.5 Å². The first-order valence-corrected chi connectivity index (χ1v) is 10.8. The van der Waals surface area contributed by atoms with Gasteiger partial charge in [-0.15, -0.1) is 0 Å². The fraction of sp³-hybridized carbons (Fsp3) is 0.429. The van der Waals surface area contributed by atoms with E-state index in [1.165, 1.54) is 74.8 Å². The molecule has 2 rings (SSSR count). The second-order valence-corrected chi connectivity index (χ2v) is 7.99. The van der Waals surface area contributed by atoms with Crippen LogP contribution >= 0.6 is 0 Å². The maximum atomic E-state index is 11.1. The zero-order valence-corrected chi connectivity index (χ0v) is 16.2. The van der Waals surface area contributed by atoms with Crippen LogP contribution in [-0.2, 0) is 16.5 Å². The fourth-order valence-electron chi connectivity index (χ4n) is 2.87. The molecule has 0 saturated carbocycles. The molecule has 0 bridgehead atoms. The Hall–Kier alpha value is -1.85. The van der Waals surface area contributed by atoms with E-state index in [9.17, 15) is 8.42 Å². The summed E-state index contributed by atoms with van der Waals surface area (Å²) in [6.45, 7) is 2.23. The summed E-state index contributed by atoms with van der Waals surface area (Å²) in [5.74, 6) is 1.26. The number of hydrogen-bond acceptors (Lipinski definition) is 3. The van der Waals surface area contributed by atoms with Crippen LogP contribution in [0.3, 0.4) is 0 Å². The first kappa shape index (κ1) is 20.5. The molecule has 0 radical (unpaired) electrons. The quantitative estimate of drug-likeness (QED) is 0.385. The second kappa shape index (κ2) is 10.3. The van der Waals surface area contributed by atoms with Gasteiger partial charge in [0.25, 0.3) is 10.1 Å². The highest BCUT2D eigenvalue weighted by atomic mass is 32.2. The summed E-state index contributed by atoms with van der Waals surface area (Å²) in [6.07, 6.45) is 10.1. The SMILES string of the molecule is CCCCCCCCCc1cccc(Oc2ccc(S(=O)(=O)O)cc2)c1. The summed E-state index contributed by atoms with van der Waals surface area (Å²) in [4.78, 5) is -0.141. The lowest BCUT2D eigenvalue weighted by Gasteiger charge is -2.08. The molecule has 2 aromatic carbocycles. The highest BCUT2D eigenvalue weighted by Gasteiger charge is 2.09. The standard InChI is InChI=1S/C21H28O4S/c1-2-3-4-5-6-7-8-10-18-11-9-12-20(17-18)25-19-13-15-21(16-14-19)26(22,23)24/h9,11-17H,2-8,10H2,1H3,(H,22,23,24). The third-order valence-electron chi connectivity index (χ3n) is 4.32. The minimum absolute atomic E-state index is 0.141. The molecule has 4 nitrogen and oxygen atoms in total. The summed E-state index contributed by atoms with van der Waals surface area (Å²) in [6, 6.07) is 13.7. The summed E-state index contributed by atoms with van der Waals surface area (Å²) in [5, 5.41) is 0. The highest BCUT2D eigenvalue weighted by Crippen LogP contribution is 2.24. The first-order valence-electron chi connectivity index (χ1n) is 9.33. The number of benzene rings is 2. The molecule has 0 aliphatic rings. The molecule has 0 aromatic heterocycles. The molecule has 0 atom stereocenters. The summed E-state index contributed by atoms with van der Waals surface area (Å²) < 4.78 is 36.9. The van der Waals surface area contributed by atoms with Crippen LogP contribution in [0.15, 0.2) is 53.4 Å². The molecule has 0 aliphatic heterocycles.